The lowest BCUT2D eigenvalue weighted by molar-refractivity contribution is -0.0103. The van der Waals surface area contributed by atoms with Crippen LogP contribution < -0.4 is 0 Å². The molecule has 0 unspecified atom stereocenters. The molecule has 7 heteroatoms. The minimum Gasteiger partial charge on any atom is -0.383 e. The number of likely N-dealkylation sites (N-methyl/N-ethyl adjacent to an activating group) is 1. The molecule has 152 valence electrons. The average molecular weight is 379 g/mol. The topological polar surface area (TPSA) is 59.8 Å². The second-order valence-corrected chi connectivity index (χ2v) is 8.34. The highest BCUT2D eigenvalue weighted by atomic mass is 16.5. The number of carbonyl (C=O) groups excluding carboxylic acids is 1. The van der Waals surface area contributed by atoms with E-state index in [1.807, 2.05) is 16.5 Å². The Morgan fingerprint density at radius 3 is 2.70 bits per heavy atom. The zero-order chi connectivity index (χ0) is 19.8. The molecular formula is C20H34N4O3. The highest BCUT2D eigenvalue weighted by Gasteiger charge is 2.38. The molecular weight excluding hydrogens is 344 g/mol. The van der Waals surface area contributed by atoms with E-state index in [0.717, 1.165) is 43.9 Å². The molecule has 0 bridgehead atoms. The Morgan fingerprint density at radius 2 is 2.07 bits per heavy atom. The quantitative estimate of drug-likeness (QED) is 0.785. The molecule has 3 rings (SSSR count). The number of ether oxygens (including phenoxy) is 2. The maximum atomic E-state index is 13.4. The summed E-state index contributed by atoms with van der Waals surface area (Å²) >= 11 is 0. The van der Waals surface area contributed by atoms with Crippen molar-refractivity contribution in [2.45, 2.75) is 65.3 Å². The molecule has 2 aliphatic rings. The zero-order valence-corrected chi connectivity index (χ0v) is 17.6. The third-order valence-corrected chi connectivity index (χ3v) is 5.86. The molecule has 2 atom stereocenters. The van der Waals surface area contributed by atoms with Crippen LogP contribution >= 0.6 is 0 Å². The number of amides is 1. The molecule has 2 aliphatic heterocycles. The second kappa shape index (κ2) is 7.89. The number of methoxy groups -OCH3 is 1. The van der Waals surface area contributed by atoms with Gasteiger partial charge in [-0.2, -0.15) is 5.10 Å². The van der Waals surface area contributed by atoms with E-state index < -0.39 is 0 Å². The predicted molar refractivity (Wildman–Crippen MR) is 104 cm³/mol. The van der Waals surface area contributed by atoms with Crippen LogP contribution in [0.15, 0.2) is 0 Å². The van der Waals surface area contributed by atoms with Gasteiger partial charge in [0.05, 0.1) is 31.1 Å². The number of piperazine rings is 1. The minimum absolute atomic E-state index is 0.0228. The molecule has 1 aromatic heterocycles. The number of hydrogen-bond donors (Lipinski definition) is 0. The summed E-state index contributed by atoms with van der Waals surface area (Å²) < 4.78 is 13.1. The van der Waals surface area contributed by atoms with Gasteiger partial charge in [-0.3, -0.25) is 14.4 Å². The Balaban J connectivity index is 1.91. The van der Waals surface area contributed by atoms with Crippen molar-refractivity contribution in [2.75, 3.05) is 39.9 Å². The Kier molecular flexibility index (Phi) is 5.93. The van der Waals surface area contributed by atoms with E-state index in [4.69, 9.17) is 14.6 Å². The highest BCUT2D eigenvalue weighted by molar-refractivity contribution is 5.94. The van der Waals surface area contributed by atoms with Crippen molar-refractivity contribution in [1.29, 1.82) is 0 Å². The van der Waals surface area contributed by atoms with E-state index in [1.54, 1.807) is 7.11 Å². The molecule has 0 spiro atoms. The molecule has 0 N–H and O–H groups in total. The van der Waals surface area contributed by atoms with Gasteiger partial charge < -0.3 is 14.4 Å². The largest absolute Gasteiger partial charge is 0.383 e. The maximum absolute atomic E-state index is 13.4. The fourth-order valence-electron chi connectivity index (χ4n) is 4.54. The summed E-state index contributed by atoms with van der Waals surface area (Å²) in [6.45, 7) is 15.3. The Labute approximate surface area is 162 Å². The van der Waals surface area contributed by atoms with Crippen LogP contribution in [-0.2, 0) is 22.4 Å². The van der Waals surface area contributed by atoms with Crippen molar-refractivity contribution in [3.8, 4) is 0 Å². The van der Waals surface area contributed by atoms with Crippen LogP contribution in [0, 0.1) is 0 Å². The zero-order valence-electron chi connectivity index (χ0n) is 17.6. The number of fused-ring (bicyclic) bond motifs is 1. The van der Waals surface area contributed by atoms with Crippen molar-refractivity contribution < 1.29 is 14.3 Å². The summed E-state index contributed by atoms with van der Waals surface area (Å²) in [6.07, 6.45) is 0.752. The van der Waals surface area contributed by atoms with Gasteiger partial charge in [0.15, 0.2) is 5.69 Å². The molecule has 0 radical (unpaired) electrons. The first-order valence-electron chi connectivity index (χ1n) is 10.1. The van der Waals surface area contributed by atoms with Crippen LogP contribution in [0.25, 0.3) is 0 Å². The standard InChI is InChI=1S/C20H34N4O3/c1-7-23-9-8-22(13-20(23,4)5)19(25)17-16-12-14(2)27-15(3)18(16)24(21-17)10-11-26-6/h14-15H,7-13H2,1-6H3/t14-,15+/m0/s1. The summed E-state index contributed by atoms with van der Waals surface area (Å²) in [5.41, 5.74) is 2.66. The van der Waals surface area contributed by atoms with E-state index in [1.165, 1.54) is 0 Å². The number of carbonyl (C=O) groups is 1. The number of hydrogen-bond acceptors (Lipinski definition) is 5. The monoisotopic (exact) mass is 378 g/mol. The molecule has 1 fully saturated rings. The molecule has 3 heterocycles. The first kappa shape index (κ1) is 20.3. The molecule has 1 saturated heterocycles. The van der Waals surface area contributed by atoms with E-state index in [0.29, 0.717) is 18.8 Å². The van der Waals surface area contributed by atoms with Crippen LogP contribution in [0.3, 0.4) is 0 Å². The average Bonchev–Trinajstić information content (AvgIpc) is 2.97. The second-order valence-electron chi connectivity index (χ2n) is 8.34. The van der Waals surface area contributed by atoms with Gasteiger partial charge in [0.2, 0.25) is 0 Å². The Morgan fingerprint density at radius 1 is 1.33 bits per heavy atom. The molecule has 0 aliphatic carbocycles. The van der Waals surface area contributed by atoms with Gasteiger partial charge in [-0.15, -0.1) is 0 Å². The fraction of sp³-hybridized carbons (Fsp3) is 0.800. The molecule has 0 aromatic carbocycles. The summed E-state index contributed by atoms with van der Waals surface area (Å²) in [5.74, 6) is 0.0487. The summed E-state index contributed by atoms with van der Waals surface area (Å²) in [5, 5.41) is 4.73. The van der Waals surface area contributed by atoms with E-state index >= 15 is 0 Å². The molecule has 1 amide bonds. The summed E-state index contributed by atoms with van der Waals surface area (Å²) in [6, 6.07) is 0. The van der Waals surface area contributed by atoms with Crippen LogP contribution in [0.5, 0.6) is 0 Å². The number of rotatable bonds is 5. The summed E-state index contributed by atoms with van der Waals surface area (Å²) in [7, 11) is 1.68. The van der Waals surface area contributed by atoms with Crippen LogP contribution in [0.1, 0.15) is 62.5 Å². The van der Waals surface area contributed by atoms with Gasteiger partial charge in [0.25, 0.3) is 5.91 Å². The molecule has 7 nitrogen and oxygen atoms in total. The van der Waals surface area contributed by atoms with E-state index in [-0.39, 0.29) is 23.7 Å². The van der Waals surface area contributed by atoms with Gasteiger partial charge in [-0.05, 0) is 34.2 Å². The molecule has 1 aromatic rings. The highest BCUT2D eigenvalue weighted by Crippen LogP contribution is 2.33. The number of nitrogens with zero attached hydrogens (tertiary/aromatic N) is 4. The van der Waals surface area contributed by atoms with E-state index in [9.17, 15) is 4.79 Å². The van der Waals surface area contributed by atoms with Crippen molar-refractivity contribution in [3.05, 3.63) is 17.0 Å². The van der Waals surface area contributed by atoms with Crippen LogP contribution in [0.4, 0.5) is 0 Å². The first-order valence-corrected chi connectivity index (χ1v) is 10.1. The van der Waals surface area contributed by atoms with Gasteiger partial charge in [-0.1, -0.05) is 6.92 Å². The normalized spacial score (nSPS) is 25.5. The predicted octanol–water partition coefficient (Wildman–Crippen LogP) is 2.11. The smallest absolute Gasteiger partial charge is 0.274 e. The van der Waals surface area contributed by atoms with Crippen molar-refractivity contribution in [3.63, 3.8) is 0 Å². The lowest BCUT2D eigenvalue weighted by Gasteiger charge is -2.46. The third kappa shape index (κ3) is 3.91. The van der Waals surface area contributed by atoms with Crippen LogP contribution in [0.2, 0.25) is 0 Å². The molecule has 27 heavy (non-hydrogen) atoms. The Hall–Kier alpha value is -1.44. The lowest BCUT2D eigenvalue weighted by atomic mass is 9.96. The SMILES string of the molecule is CCN1CCN(C(=O)c2nn(CCOC)c3c2C[C@H](C)O[C@@H]3C)CC1(C)C. The first-order chi connectivity index (χ1) is 12.8. The van der Waals surface area contributed by atoms with Crippen molar-refractivity contribution >= 4 is 5.91 Å². The van der Waals surface area contributed by atoms with Crippen molar-refractivity contribution in [1.82, 2.24) is 19.6 Å². The van der Waals surface area contributed by atoms with Crippen molar-refractivity contribution in [2.24, 2.45) is 0 Å². The molecule has 0 saturated carbocycles. The van der Waals surface area contributed by atoms with Gasteiger partial charge >= 0.3 is 0 Å². The summed E-state index contributed by atoms with van der Waals surface area (Å²) in [4.78, 5) is 17.8. The van der Waals surface area contributed by atoms with Crippen LogP contribution in [-0.4, -0.2) is 77.0 Å². The van der Waals surface area contributed by atoms with Gasteiger partial charge in [-0.25, -0.2) is 0 Å². The number of aromatic nitrogens is 2. The maximum Gasteiger partial charge on any atom is 0.274 e. The van der Waals surface area contributed by atoms with Gasteiger partial charge in [0.1, 0.15) is 0 Å². The third-order valence-electron chi connectivity index (χ3n) is 5.86. The fourth-order valence-corrected chi connectivity index (χ4v) is 4.54. The van der Waals surface area contributed by atoms with E-state index in [2.05, 4.69) is 32.6 Å². The Bertz CT molecular complexity index is 685. The van der Waals surface area contributed by atoms with Gasteiger partial charge in [0, 0.05) is 44.3 Å². The lowest BCUT2D eigenvalue weighted by Crippen LogP contribution is -2.60. The minimum atomic E-state index is -0.0666.